The number of rotatable bonds is 1. The summed E-state index contributed by atoms with van der Waals surface area (Å²) in [5, 5.41) is 0. The van der Waals surface area contributed by atoms with Gasteiger partial charge >= 0.3 is 5.97 Å². The average Bonchev–Trinajstić information content (AvgIpc) is 2.75. The van der Waals surface area contributed by atoms with Gasteiger partial charge in [-0.15, -0.1) is 0 Å². The number of ether oxygens (including phenoxy) is 1. The maximum Gasteiger partial charge on any atom is 0.363 e. The van der Waals surface area contributed by atoms with E-state index >= 15 is 0 Å². The minimum atomic E-state index is -0.505. The zero-order chi connectivity index (χ0) is 11.7. The maximum absolute atomic E-state index is 11.2. The second-order valence-corrected chi connectivity index (χ2v) is 3.27. The Morgan fingerprint density at radius 1 is 1.56 bits per heavy atom. The van der Waals surface area contributed by atoms with Crippen molar-refractivity contribution in [2.45, 2.75) is 13.8 Å². The molecular weight excluding hydrogens is 210 g/mol. The summed E-state index contributed by atoms with van der Waals surface area (Å²) in [6.07, 6.45) is 4.37. The molecule has 6 heteroatoms. The number of imidazole rings is 1. The van der Waals surface area contributed by atoms with Gasteiger partial charge in [-0.05, 0) is 6.08 Å². The van der Waals surface area contributed by atoms with Gasteiger partial charge in [0.25, 0.3) is 0 Å². The van der Waals surface area contributed by atoms with Crippen LogP contribution in [-0.4, -0.2) is 27.3 Å². The number of esters is 1. The first-order valence-electron chi connectivity index (χ1n) is 4.60. The predicted octanol–water partition coefficient (Wildman–Crippen LogP) is 0.859. The minimum Gasteiger partial charge on any atom is -0.407 e. The molecule has 0 saturated heterocycles. The Hall–Kier alpha value is -2.24. The van der Waals surface area contributed by atoms with Gasteiger partial charge in [0.1, 0.15) is 6.33 Å². The van der Waals surface area contributed by atoms with Crippen LogP contribution in [0.1, 0.15) is 24.3 Å². The summed E-state index contributed by atoms with van der Waals surface area (Å²) < 4.78 is 6.06. The van der Waals surface area contributed by atoms with Crippen molar-refractivity contribution in [1.82, 2.24) is 9.55 Å². The molecule has 0 atom stereocenters. The molecule has 0 radical (unpaired) electrons. The van der Waals surface area contributed by atoms with Gasteiger partial charge in [-0.25, -0.2) is 14.8 Å². The van der Waals surface area contributed by atoms with Gasteiger partial charge in [0, 0.05) is 20.0 Å². The van der Waals surface area contributed by atoms with Crippen molar-refractivity contribution in [2.24, 2.45) is 4.99 Å². The Morgan fingerprint density at radius 2 is 2.31 bits per heavy atom. The van der Waals surface area contributed by atoms with Crippen LogP contribution in [0.2, 0.25) is 0 Å². The highest BCUT2D eigenvalue weighted by atomic mass is 16.6. The summed E-state index contributed by atoms with van der Waals surface area (Å²) in [7, 11) is 0. The Morgan fingerprint density at radius 3 is 2.81 bits per heavy atom. The van der Waals surface area contributed by atoms with E-state index in [1.165, 1.54) is 30.1 Å². The van der Waals surface area contributed by atoms with Gasteiger partial charge in [0.2, 0.25) is 5.91 Å². The zero-order valence-corrected chi connectivity index (χ0v) is 8.80. The highest BCUT2D eigenvalue weighted by Crippen LogP contribution is 2.13. The minimum absolute atomic E-state index is 0.147. The molecule has 0 N–H and O–H groups in total. The number of carbonyl (C=O) groups is 2. The molecule has 1 aliphatic heterocycles. The van der Waals surface area contributed by atoms with Crippen LogP contribution in [0.5, 0.6) is 0 Å². The van der Waals surface area contributed by atoms with E-state index in [0.717, 1.165) is 0 Å². The van der Waals surface area contributed by atoms with Crippen molar-refractivity contribution in [3.8, 4) is 0 Å². The Bertz CT molecular complexity index is 525. The molecule has 1 aromatic rings. The zero-order valence-electron chi connectivity index (χ0n) is 8.80. The molecule has 2 heterocycles. The molecule has 0 amide bonds. The molecule has 16 heavy (non-hydrogen) atoms. The third-order valence-electron chi connectivity index (χ3n) is 1.98. The van der Waals surface area contributed by atoms with Crippen molar-refractivity contribution in [3.63, 3.8) is 0 Å². The van der Waals surface area contributed by atoms with Gasteiger partial charge in [0.15, 0.2) is 11.6 Å². The molecule has 6 nitrogen and oxygen atoms in total. The van der Waals surface area contributed by atoms with E-state index < -0.39 is 5.97 Å². The quantitative estimate of drug-likeness (QED) is 0.518. The van der Waals surface area contributed by atoms with Gasteiger partial charge < -0.3 is 4.74 Å². The smallest absolute Gasteiger partial charge is 0.363 e. The summed E-state index contributed by atoms with van der Waals surface area (Å²) in [5.41, 5.74) is 0.673. The van der Waals surface area contributed by atoms with Crippen molar-refractivity contribution in [3.05, 3.63) is 23.9 Å². The van der Waals surface area contributed by atoms with Crippen LogP contribution in [0.4, 0.5) is 0 Å². The van der Waals surface area contributed by atoms with Crippen molar-refractivity contribution < 1.29 is 14.3 Å². The number of nitrogens with zero attached hydrogens (tertiary/aromatic N) is 3. The van der Waals surface area contributed by atoms with Gasteiger partial charge in [-0.1, -0.05) is 0 Å². The molecular formula is C10H9N3O3. The SMILES string of the molecule is CC(=O)n1cnc(C=C2N=C(C)OC2=O)c1. The fourth-order valence-corrected chi connectivity index (χ4v) is 1.24. The van der Waals surface area contributed by atoms with E-state index in [-0.39, 0.29) is 11.6 Å². The number of hydrogen-bond donors (Lipinski definition) is 0. The number of aromatic nitrogens is 2. The summed E-state index contributed by atoms with van der Waals surface area (Å²) in [5.74, 6) is -0.344. The first kappa shape index (κ1) is 10.3. The molecule has 0 bridgehead atoms. The van der Waals surface area contributed by atoms with Crippen LogP contribution in [0.15, 0.2) is 23.2 Å². The average molecular weight is 219 g/mol. The lowest BCUT2D eigenvalue weighted by atomic mass is 10.3. The van der Waals surface area contributed by atoms with E-state index in [2.05, 4.69) is 9.98 Å². The Balaban J connectivity index is 2.29. The molecule has 0 fully saturated rings. The first-order valence-corrected chi connectivity index (χ1v) is 4.60. The van der Waals surface area contributed by atoms with Gasteiger partial charge in [-0.2, -0.15) is 0 Å². The summed E-state index contributed by atoms with van der Waals surface area (Å²) in [4.78, 5) is 30.1. The fourth-order valence-electron chi connectivity index (χ4n) is 1.24. The van der Waals surface area contributed by atoms with Crippen molar-refractivity contribution in [1.29, 1.82) is 0 Å². The maximum atomic E-state index is 11.2. The lowest BCUT2D eigenvalue weighted by molar-refractivity contribution is -0.130. The molecule has 1 aliphatic rings. The van der Waals surface area contributed by atoms with Crippen LogP contribution >= 0.6 is 0 Å². The normalized spacial score (nSPS) is 17.5. The predicted molar refractivity (Wildman–Crippen MR) is 55.7 cm³/mol. The number of cyclic esters (lactones) is 1. The Kier molecular flexibility index (Phi) is 2.40. The van der Waals surface area contributed by atoms with Crippen LogP contribution in [0, 0.1) is 0 Å². The third-order valence-corrected chi connectivity index (χ3v) is 1.98. The number of carbonyl (C=O) groups excluding carboxylic acids is 2. The summed E-state index contributed by atoms with van der Waals surface area (Å²) in [6.45, 7) is 3.01. The Labute approximate surface area is 91.3 Å². The van der Waals surface area contributed by atoms with Crippen LogP contribution in [-0.2, 0) is 9.53 Å². The van der Waals surface area contributed by atoms with E-state index in [4.69, 9.17) is 4.74 Å². The fraction of sp³-hybridized carbons (Fsp3) is 0.200. The van der Waals surface area contributed by atoms with E-state index in [9.17, 15) is 9.59 Å². The van der Waals surface area contributed by atoms with Crippen LogP contribution in [0.25, 0.3) is 6.08 Å². The molecule has 2 rings (SSSR count). The molecule has 1 aromatic heterocycles. The topological polar surface area (TPSA) is 73.6 Å². The third kappa shape index (κ3) is 1.90. The van der Waals surface area contributed by atoms with Crippen molar-refractivity contribution >= 4 is 23.9 Å². The molecule has 82 valence electrons. The first-order chi connectivity index (χ1) is 7.56. The summed E-state index contributed by atoms with van der Waals surface area (Å²) in [6, 6.07) is 0. The second-order valence-electron chi connectivity index (χ2n) is 3.27. The lowest BCUT2D eigenvalue weighted by Gasteiger charge is -1.89. The largest absolute Gasteiger partial charge is 0.407 e. The van der Waals surface area contributed by atoms with Crippen LogP contribution in [0.3, 0.4) is 0 Å². The molecule has 0 aliphatic carbocycles. The highest BCUT2D eigenvalue weighted by Gasteiger charge is 2.19. The van der Waals surface area contributed by atoms with E-state index in [1.54, 1.807) is 6.92 Å². The number of hydrogen-bond acceptors (Lipinski definition) is 5. The molecule has 0 saturated carbocycles. The lowest BCUT2D eigenvalue weighted by Crippen LogP contribution is -2.01. The highest BCUT2D eigenvalue weighted by molar-refractivity contribution is 6.06. The second kappa shape index (κ2) is 3.73. The molecule has 0 spiro atoms. The molecule has 0 unspecified atom stereocenters. The van der Waals surface area contributed by atoms with Gasteiger partial charge in [0.05, 0.1) is 5.69 Å². The van der Waals surface area contributed by atoms with Crippen LogP contribution < -0.4 is 0 Å². The molecule has 0 aromatic carbocycles. The van der Waals surface area contributed by atoms with Gasteiger partial charge in [-0.3, -0.25) is 9.36 Å². The standard InChI is InChI=1S/C10H9N3O3/c1-6-12-9(10(15)16-6)3-8-4-13(5-11-8)7(2)14/h3-5H,1-2H3. The van der Waals surface area contributed by atoms with Crippen molar-refractivity contribution in [2.75, 3.05) is 0 Å². The van der Waals surface area contributed by atoms with E-state index in [1.807, 2.05) is 0 Å². The summed E-state index contributed by atoms with van der Waals surface area (Å²) >= 11 is 0. The van der Waals surface area contributed by atoms with E-state index in [0.29, 0.717) is 11.6 Å². The monoisotopic (exact) mass is 219 g/mol. The number of aliphatic imine (C=N–C) groups is 1.